The molecule has 0 radical (unpaired) electrons. The Morgan fingerprint density at radius 2 is 2.20 bits per heavy atom. The topological polar surface area (TPSA) is 27.7 Å². The second-order valence-corrected chi connectivity index (χ2v) is 3.61. The zero-order valence-electron chi connectivity index (χ0n) is 8.37. The smallest absolute Gasteiger partial charge is 0.231 e. The summed E-state index contributed by atoms with van der Waals surface area (Å²) in [5.74, 6) is 2.89. The van der Waals surface area contributed by atoms with Crippen LogP contribution in [0.4, 0.5) is 0 Å². The van der Waals surface area contributed by atoms with Gasteiger partial charge in [-0.1, -0.05) is 6.07 Å². The van der Waals surface area contributed by atoms with Crippen LogP contribution in [0.3, 0.4) is 0 Å². The van der Waals surface area contributed by atoms with Gasteiger partial charge in [0.05, 0.1) is 6.61 Å². The highest BCUT2D eigenvalue weighted by atomic mass is 35.5. The number of para-hydroxylation sites is 1. The summed E-state index contributed by atoms with van der Waals surface area (Å²) in [5, 5.41) is 0. The third kappa shape index (κ3) is 2.48. The molecule has 0 unspecified atom stereocenters. The van der Waals surface area contributed by atoms with Gasteiger partial charge in [-0.15, -0.1) is 11.6 Å². The van der Waals surface area contributed by atoms with Gasteiger partial charge in [0, 0.05) is 5.88 Å². The molecule has 0 aromatic heterocycles. The fourth-order valence-corrected chi connectivity index (χ4v) is 1.58. The van der Waals surface area contributed by atoms with Crippen LogP contribution in [-0.2, 0) is 0 Å². The lowest BCUT2D eigenvalue weighted by molar-refractivity contribution is 0.169. The van der Waals surface area contributed by atoms with E-state index in [4.69, 9.17) is 25.8 Å². The molecule has 0 N–H and O–H groups in total. The fourth-order valence-electron chi connectivity index (χ4n) is 1.40. The Kier molecular flexibility index (Phi) is 3.56. The molecule has 0 aliphatic carbocycles. The quantitative estimate of drug-likeness (QED) is 0.573. The first kappa shape index (κ1) is 10.4. The van der Waals surface area contributed by atoms with Crippen LogP contribution in [0.15, 0.2) is 18.2 Å². The summed E-state index contributed by atoms with van der Waals surface area (Å²) in [5.41, 5.74) is 0. The predicted molar refractivity (Wildman–Crippen MR) is 58.0 cm³/mol. The van der Waals surface area contributed by atoms with Gasteiger partial charge in [0.2, 0.25) is 12.5 Å². The second-order valence-electron chi connectivity index (χ2n) is 3.23. The van der Waals surface area contributed by atoms with Gasteiger partial charge in [-0.2, -0.15) is 0 Å². The van der Waals surface area contributed by atoms with Crippen molar-refractivity contribution in [3.8, 4) is 17.2 Å². The summed E-state index contributed by atoms with van der Waals surface area (Å²) >= 11 is 5.58. The maximum absolute atomic E-state index is 5.59. The van der Waals surface area contributed by atoms with Crippen molar-refractivity contribution in [3.63, 3.8) is 0 Å². The maximum atomic E-state index is 5.59. The third-order valence-electron chi connectivity index (χ3n) is 2.15. The molecule has 0 amide bonds. The van der Waals surface area contributed by atoms with Crippen LogP contribution in [0.2, 0.25) is 0 Å². The molecule has 3 nitrogen and oxygen atoms in total. The molecule has 1 aromatic carbocycles. The van der Waals surface area contributed by atoms with Gasteiger partial charge in [0.1, 0.15) is 0 Å². The molecule has 1 aliphatic heterocycles. The minimum atomic E-state index is 0.275. The van der Waals surface area contributed by atoms with E-state index in [1.807, 2.05) is 18.2 Å². The van der Waals surface area contributed by atoms with Crippen molar-refractivity contribution >= 4 is 11.6 Å². The monoisotopic (exact) mass is 228 g/mol. The molecule has 15 heavy (non-hydrogen) atoms. The summed E-state index contributed by atoms with van der Waals surface area (Å²) in [7, 11) is 0. The number of halogens is 1. The van der Waals surface area contributed by atoms with Crippen molar-refractivity contribution in [3.05, 3.63) is 18.2 Å². The molecule has 0 spiro atoms. The van der Waals surface area contributed by atoms with Gasteiger partial charge in [-0.3, -0.25) is 0 Å². The molecule has 2 rings (SSSR count). The van der Waals surface area contributed by atoms with Crippen molar-refractivity contribution in [2.45, 2.75) is 12.8 Å². The molecule has 4 heteroatoms. The summed E-state index contributed by atoms with van der Waals surface area (Å²) in [6, 6.07) is 5.65. The molecule has 82 valence electrons. The number of alkyl halides is 1. The summed E-state index contributed by atoms with van der Waals surface area (Å²) in [4.78, 5) is 0. The summed E-state index contributed by atoms with van der Waals surface area (Å²) in [6.07, 6.45) is 1.92. The lowest BCUT2D eigenvalue weighted by Crippen LogP contribution is -1.99. The summed E-state index contributed by atoms with van der Waals surface area (Å²) < 4.78 is 16.1. The minimum absolute atomic E-state index is 0.275. The van der Waals surface area contributed by atoms with Gasteiger partial charge >= 0.3 is 0 Å². The van der Waals surface area contributed by atoms with E-state index in [2.05, 4.69) is 0 Å². The number of ether oxygens (including phenoxy) is 3. The SMILES string of the molecule is ClCCCCOc1cccc2c1OCO2. The van der Waals surface area contributed by atoms with E-state index >= 15 is 0 Å². The number of hydrogen-bond donors (Lipinski definition) is 0. The van der Waals surface area contributed by atoms with Gasteiger partial charge in [-0.05, 0) is 25.0 Å². The first-order valence-corrected chi connectivity index (χ1v) is 5.52. The molecular formula is C11H13ClO3. The zero-order valence-corrected chi connectivity index (χ0v) is 9.13. The van der Waals surface area contributed by atoms with Crippen molar-refractivity contribution < 1.29 is 14.2 Å². The molecule has 0 fully saturated rings. The molecule has 0 atom stereocenters. The Labute approximate surface area is 93.9 Å². The second kappa shape index (κ2) is 5.12. The molecule has 0 saturated heterocycles. The molecule has 1 aromatic rings. The van der Waals surface area contributed by atoms with Crippen LogP contribution in [0.1, 0.15) is 12.8 Å². The predicted octanol–water partition coefficient (Wildman–Crippen LogP) is 2.81. The molecule has 1 heterocycles. The number of hydrogen-bond acceptors (Lipinski definition) is 3. The number of fused-ring (bicyclic) bond motifs is 1. The van der Waals surface area contributed by atoms with Gasteiger partial charge in [-0.25, -0.2) is 0 Å². The number of rotatable bonds is 5. The van der Waals surface area contributed by atoms with E-state index < -0.39 is 0 Å². The van der Waals surface area contributed by atoms with E-state index in [9.17, 15) is 0 Å². The van der Waals surface area contributed by atoms with Crippen molar-refractivity contribution in [1.29, 1.82) is 0 Å². The van der Waals surface area contributed by atoms with Crippen LogP contribution >= 0.6 is 11.6 Å². The molecule has 0 bridgehead atoms. The van der Waals surface area contributed by atoms with E-state index in [1.54, 1.807) is 0 Å². The Morgan fingerprint density at radius 3 is 3.07 bits per heavy atom. The Balaban J connectivity index is 1.94. The summed E-state index contributed by atoms with van der Waals surface area (Å²) in [6.45, 7) is 0.934. The van der Waals surface area contributed by atoms with Crippen LogP contribution in [0.25, 0.3) is 0 Å². The van der Waals surface area contributed by atoms with E-state index in [-0.39, 0.29) is 6.79 Å². The van der Waals surface area contributed by atoms with Gasteiger partial charge < -0.3 is 14.2 Å². The Bertz CT molecular complexity index is 328. The highest BCUT2D eigenvalue weighted by Crippen LogP contribution is 2.40. The number of benzene rings is 1. The number of unbranched alkanes of at least 4 members (excludes halogenated alkanes) is 1. The van der Waals surface area contributed by atoms with Gasteiger partial charge in [0.25, 0.3) is 0 Å². The largest absolute Gasteiger partial charge is 0.490 e. The van der Waals surface area contributed by atoms with E-state index in [1.165, 1.54) is 0 Å². The Hall–Kier alpha value is -1.09. The van der Waals surface area contributed by atoms with E-state index in [0.717, 1.165) is 24.3 Å². The average Bonchev–Trinajstić information content (AvgIpc) is 2.73. The lowest BCUT2D eigenvalue weighted by Gasteiger charge is -2.07. The van der Waals surface area contributed by atoms with Gasteiger partial charge in [0.15, 0.2) is 11.5 Å². The minimum Gasteiger partial charge on any atom is -0.490 e. The van der Waals surface area contributed by atoms with Crippen molar-refractivity contribution in [2.24, 2.45) is 0 Å². The van der Waals surface area contributed by atoms with Crippen LogP contribution in [0.5, 0.6) is 17.2 Å². The first-order valence-electron chi connectivity index (χ1n) is 4.99. The average molecular weight is 229 g/mol. The molecule has 0 saturated carbocycles. The van der Waals surface area contributed by atoms with Crippen molar-refractivity contribution in [2.75, 3.05) is 19.3 Å². The van der Waals surface area contributed by atoms with Crippen LogP contribution in [0, 0.1) is 0 Å². The first-order chi connectivity index (χ1) is 7.42. The zero-order chi connectivity index (χ0) is 10.5. The normalized spacial score (nSPS) is 12.9. The lowest BCUT2D eigenvalue weighted by atomic mass is 10.3. The molecule has 1 aliphatic rings. The fraction of sp³-hybridized carbons (Fsp3) is 0.455. The highest BCUT2D eigenvalue weighted by molar-refractivity contribution is 6.17. The standard InChI is InChI=1S/C11H13ClO3/c12-6-1-2-7-13-9-4-3-5-10-11(9)15-8-14-10/h3-5H,1-2,6-8H2. The third-order valence-corrected chi connectivity index (χ3v) is 2.41. The molecular weight excluding hydrogens is 216 g/mol. The van der Waals surface area contributed by atoms with E-state index in [0.29, 0.717) is 18.2 Å². The van der Waals surface area contributed by atoms with Crippen molar-refractivity contribution in [1.82, 2.24) is 0 Å². The highest BCUT2D eigenvalue weighted by Gasteiger charge is 2.17. The Morgan fingerprint density at radius 1 is 1.27 bits per heavy atom. The maximum Gasteiger partial charge on any atom is 0.231 e. The van der Waals surface area contributed by atoms with Crippen LogP contribution in [-0.4, -0.2) is 19.3 Å². The van der Waals surface area contributed by atoms with Crippen LogP contribution < -0.4 is 14.2 Å².